The Morgan fingerprint density at radius 3 is 2.45 bits per heavy atom. The lowest BCUT2D eigenvalue weighted by molar-refractivity contribution is -0.133. The summed E-state index contributed by atoms with van der Waals surface area (Å²) in [6.45, 7) is 5.83. The van der Waals surface area contributed by atoms with Gasteiger partial charge in [0.15, 0.2) is 0 Å². The van der Waals surface area contributed by atoms with Crippen molar-refractivity contribution in [2.75, 3.05) is 32.7 Å². The Hall–Kier alpha value is -1.88. The number of aryl methyl sites for hydroxylation is 1. The third-order valence-corrected chi connectivity index (χ3v) is 4.60. The second kappa shape index (κ2) is 6.48. The van der Waals surface area contributed by atoms with Crippen molar-refractivity contribution in [1.29, 1.82) is 0 Å². The highest BCUT2D eigenvalue weighted by atomic mass is 16.2. The number of rotatable bonds is 3. The molecule has 0 aliphatic carbocycles. The molecule has 1 atom stereocenters. The van der Waals surface area contributed by atoms with Crippen LogP contribution in [0.5, 0.6) is 0 Å². The van der Waals surface area contributed by atoms with Gasteiger partial charge in [-0.3, -0.25) is 14.5 Å². The minimum absolute atomic E-state index is 0.00866. The lowest BCUT2D eigenvalue weighted by Gasteiger charge is -2.37. The average molecular weight is 301 g/mol. The van der Waals surface area contributed by atoms with Crippen LogP contribution in [0.25, 0.3) is 0 Å². The van der Waals surface area contributed by atoms with Crippen LogP contribution < -0.4 is 5.32 Å². The van der Waals surface area contributed by atoms with Gasteiger partial charge < -0.3 is 10.2 Å². The molecular weight excluding hydrogens is 278 g/mol. The summed E-state index contributed by atoms with van der Waals surface area (Å²) in [5.74, 6) is 0.318. The quantitative estimate of drug-likeness (QED) is 0.888. The van der Waals surface area contributed by atoms with E-state index >= 15 is 0 Å². The molecule has 0 radical (unpaired) electrons. The molecule has 5 nitrogen and oxygen atoms in total. The van der Waals surface area contributed by atoms with Gasteiger partial charge in [-0.15, -0.1) is 0 Å². The lowest BCUT2D eigenvalue weighted by atomic mass is 10.1. The smallest absolute Gasteiger partial charge is 0.237 e. The van der Waals surface area contributed by atoms with Crippen molar-refractivity contribution in [2.45, 2.75) is 25.8 Å². The van der Waals surface area contributed by atoms with E-state index in [4.69, 9.17) is 0 Å². The van der Waals surface area contributed by atoms with E-state index in [1.165, 1.54) is 5.56 Å². The maximum Gasteiger partial charge on any atom is 0.237 e. The molecule has 0 aromatic heterocycles. The Morgan fingerprint density at radius 1 is 1.18 bits per heavy atom. The number of hydrogen-bond donors (Lipinski definition) is 1. The highest BCUT2D eigenvalue weighted by Gasteiger charge is 2.32. The third-order valence-electron chi connectivity index (χ3n) is 4.60. The Balaban J connectivity index is 1.51. The molecular formula is C17H23N3O2. The number of amides is 2. The normalized spacial score (nSPS) is 22.7. The van der Waals surface area contributed by atoms with Gasteiger partial charge in [0, 0.05) is 32.7 Å². The molecule has 0 bridgehead atoms. The molecule has 0 unspecified atom stereocenters. The maximum atomic E-state index is 12.4. The molecule has 0 spiro atoms. The first kappa shape index (κ1) is 15.0. The zero-order valence-corrected chi connectivity index (χ0v) is 13.0. The zero-order valence-electron chi connectivity index (χ0n) is 13.0. The summed E-state index contributed by atoms with van der Waals surface area (Å²) in [5, 5.41) is 2.88. The van der Waals surface area contributed by atoms with Gasteiger partial charge in [-0.2, -0.15) is 0 Å². The SMILES string of the molecule is Cc1ccc(CC(=O)N2CCN([C@H]3CCNC3=O)CC2)cc1. The number of carbonyl (C=O) groups is 2. The number of carbonyl (C=O) groups excluding carboxylic acids is 2. The van der Waals surface area contributed by atoms with Crippen molar-refractivity contribution in [1.82, 2.24) is 15.1 Å². The highest BCUT2D eigenvalue weighted by Crippen LogP contribution is 2.14. The number of nitrogens with zero attached hydrogens (tertiary/aromatic N) is 2. The monoisotopic (exact) mass is 301 g/mol. The summed E-state index contributed by atoms with van der Waals surface area (Å²) in [6.07, 6.45) is 1.35. The van der Waals surface area contributed by atoms with Crippen molar-refractivity contribution in [2.24, 2.45) is 0 Å². The standard InChI is InChI=1S/C17H23N3O2/c1-13-2-4-14(5-3-13)12-16(21)20-10-8-19(9-11-20)15-6-7-18-17(15)22/h2-5,15H,6-12H2,1H3,(H,18,22)/t15-/m0/s1. The predicted molar refractivity (Wildman–Crippen MR) is 84.5 cm³/mol. The van der Waals surface area contributed by atoms with Crippen LogP contribution in [0.1, 0.15) is 17.5 Å². The first-order valence-electron chi connectivity index (χ1n) is 7.98. The van der Waals surface area contributed by atoms with E-state index in [0.29, 0.717) is 19.5 Å². The summed E-state index contributed by atoms with van der Waals surface area (Å²) < 4.78 is 0. The fourth-order valence-electron chi connectivity index (χ4n) is 3.20. The first-order valence-corrected chi connectivity index (χ1v) is 7.98. The van der Waals surface area contributed by atoms with Gasteiger partial charge in [-0.1, -0.05) is 29.8 Å². The number of hydrogen-bond acceptors (Lipinski definition) is 3. The van der Waals surface area contributed by atoms with Crippen molar-refractivity contribution in [3.05, 3.63) is 35.4 Å². The fourth-order valence-corrected chi connectivity index (χ4v) is 3.20. The van der Waals surface area contributed by atoms with E-state index in [-0.39, 0.29) is 17.9 Å². The second-order valence-electron chi connectivity index (χ2n) is 6.17. The minimum Gasteiger partial charge on any atom is -0.355 e. The van der Waals surface area contributed by atoms with Crippen LogP contribution in [-0.4, -0.2) is 60.4 Å². The third kappa shape index (κ3) is 3.30. The van der Waals surface area contributed by atoms with E-state index in [0.717, 1.165) is 31.6 Å². The molecule has 0 saturated carbocycles. The van der Waals surface area contributed by atoms with Crippen LogP contribution in [0.15, 0.2) is 24.3 Å². The molecule has 2 heterocycles. The van der Waals surface area contributed by atoms with Crippen molar-refractivity contribution < 1.29 is 9.59 Å². The van der Waals surface area contributed by atoms with Gasteiger partial charge in [0.05, 0.1) is 12.5 Å². The molecule has 2 saturated heterocycles. The molecule has 22 heavy (non-hydrogen) atoms. The van der Waals surface area contributed by atoms with E-state index < -0.39 is 0 Å². The van der Waals surface area contributed by atoms with Crippen molar-refractivity contribution in [3.8, 4) is 0 Å². The summed E-state index contributed by atoms with van der Waals surface area (Å²) in [7, 11) is 0. The molecule has 1 aromatic carbocycles. The van der Waals surface area contributed by atoms with Crippen LogP contribution in [0.4, 0.5) is 0 Å². The fraction of sp³-hybridized carbons (Fsp3) is 0.529. The van der Waals surface area contributed by atoms with Crippen LogP contribution in [0.2, 0.25) is 0 Å². The molecule has 2 amide bonds. The minimum atomic E-state index is 0.00866. The Bertz CT molecular complexity index is 548. The molecule has 2 fully saturated rings. The van der Waals surface area contributed by atoms with Gasteiger partial charge in [0.25, 0.3) is 0 Å². The van der Waals surface area contributed by atoms with Gasteiger partial charge in [-0.25, -0.2) is 0 Å². The van der Waals surface area contributed by atoms with E-state index in [1.54, 1.807) is 0 Å². The number of nitrogens with one attached hydrogen (secondary N) is 1. The maximum absolute atomic E-state index is 12.4. The lowest BCUT2D eigenvalue weighted by Crippen LogP contribution is -2.53. The number of piperazine rings is 1. The first-order chi connectivity index (χ1) is 10.6. The van der Waals surface area contributed by atoms with Crippen molar-refractivity contribution >= 4 is 11.8 Å². The van der Waals surface area contributed by atoms with Crippen LogP contribution in [-0.2, 0) is 16.0 Å². The average Bonchev–Trinajstić information content (AvgIpc) is 2.96. The van der Waals surface area contributed by atoms with Gasteiger partial charge in [0.1, 0.15) is 0 Å². The Kier molecular flexibility index (Phi) is 4.43. The Morgan fingerprint density at radius 2 is 1.86 bits per heavy atom. The summed E-state index contributed by atoms with van der Waals surface area (Å²) in [6, 6.07) is 8.13. The van der Waals surface area contributed by atoms with E-state index in [1.807, 2.05) is 36.1 Å². The molecule has 2 aliphatic rings. The zero-order chi connectivity index (χ0) is 15.5. The number of benzene rings is 1. The van der Waals surface area contributed by atoms with Crippen LogP contribution >= 0.6 is 0 Å². The summed E-state index contributed by atoms with van der Waals surface area (Å²) in [4.78, 5) is 28.2. The topological polar surface area (TPSA) is 52.7 Å². The molecule has 1 aromatic rings. The highest BCUT2D eigenvalue weighted by molar-refractivity contribution is 5.84. The molecule has 118 valence electrons. The van der Waals surface area contributed by atoms with E-state index in [9.17, 15) is 9.59 Å². The van der Waals surface area contributed by atoms with Gasteiger partial charge in [0.2, 0.25) is 11.8 Å². The van der Waals surface area contributed by atoms with Gasteiger partial charge >= 0.3 is 0 Å². The van der Waals surface area contributed by atoms with Crippen molar-refractivity contribution in [3.63, 3.8) is 0 Å². The molecule has 5 heteroatoms. The predicted octanol–water partition coefficient (Wildman–Crippen LogP) is 0.570. The summed E-state index contributed by atoms with van der Waals surface area (Å²) >= 11 is 0. The van der Waals surface area contributed by atoms with Gasteiger partial charge in [-0.05, 0) is 18.9 Å². The van der Waals surface area contributed by atoms with E-state index in [2.05, 4.69) is 10.2 Å². The molecule has 3 rings (SSSR count). The largest absolute Gasteiger partial charge is 0.355 e. The summed E-state index contributed by atoms with van der Waals surface area (Å²) in [5.41, 5.74) is 2.27. The second-order valence-corrected chi connectivity index (χ2v) is 6.17. The van der Waals surface area contributed by atoms with Crippen LogP contribution in [0.3, 0.4) is 0 Å². The molecule has 2 aliphatic heterocycles. The van der Waals surface area contributed by atoms with Crippen LogP contribution in [0, 0.1) is 6.92 Å². The molecule has 1 N–H and O–H groups in total. The Labute approximate surface area is 131 Å².